The van der Waals surface area contributed by atoms with Gasteiger partial charge in [0.2, 0.25) is 5.88 Å². The van der Waals surface area contributed by atoms with Crippen molar-refractivity contribution >= 4 is 16.6 Å². The van der Waals surface area contributed by atoms with Crippen molar-refractivity contribution in [2.24, 2.45) is 0 Å². The predicted molar refractivity (Wildman–Crippen MR) is 94.6 cm³/mol. The van der Waals surface area contributed by atoms with Gasteiger partial charge in [0.15, 0.2) is 5.65 Å². The molecule has 0 bridgehead atoms. The number of rotatable bonds is 6. The maximum Gasteiger partial charge on any atom is 0.282 e. The van der Waals surface area contributed by atoms with E-state index in [-0.39, 0.29) is 11.7 Å². The Bertz CT molecular complexity index is 902. The van der Waals surface area contributed by atoms with E-state index in [1.54, 1.807) is 18.2 Å². The van der Waals surface area contributed by atoms with Crippen molar-refractivity contribution < 1.29 is 4.74 Å². The van der Waals surface area contributed by atoms with Gasteiger partial charge in [-0.25, -0.2) is 4.98 Å². The van der Waals surface area contributed by atoms with E-state index in [4.69, 9.17) is 4.74 Å². The molecule has 126 valence electrons. The molecular formula is C18H22N4O2. The lowest BCUT2D eigenvalue weighted by Gasteiger charge is -2.23. The molecule has 2 heterocycles. The third kappa shape index (κ3) is 3.23. The minimum Gasteiger partial charge on any atom is -0.472 e. The topological polar surface area (TPSA) is 59.7 Å². The van der Waals surface area contributed by atoms with Crippen LogP contribution in [0, 0.1) is 0 Å². The van der Waals surface area contributed by atoms with Gasteiger partial charge in [-0.05, 0) is 38.2 Å². The van der Waals surface area contributed by atoms with E-state index in [2.05, 4.69) is 28.8 Å². The Morgan fingerprint density at radius 1 is 1.17 bits per heavy atom. The fraction of sp³-hybridized carbons (Fsp3) is 0.389. The normalized spacial score (nSPS) is 12.8. The van der Waals surface area contributed by atoms with Gasteiger partial charge in [-0.15, -0.1) is 5.10 Å². The number of ether oxygens (including phenoxy) is 1. The summed E-state index contributed by atoms with van der Waals surface area (Å²) in [6.07, 6.45) is -0.0148. The van der Waals surface area contributed by atoms with Gasteiger partial charge < -0.3 is 9.64 Å². The van der Waals surface area contributed by atoms with E-state index in [0.717, 1.165) is 19.6 Å². The van der Waals surface area contributed by atoms with Crippen molar-refractivity contribution in [1.82, 2.24) is 19.5 Å². The predicted octanol–water partition coefficient (Wildman–Crippen LogP) is 2.35. The Labute approximate surface area is 140 Å². The van der Waals surface area contributed by atoms with Crippen molar-refractivity contribution in [2.45, 2.75) is 26.9 Å². The first-order valence-corrected chi connectivity index (χ1v) is 8.30. The molecule has 0 aliphatic heterocycles. The van der Waals surface area contributed by atoms with Crippen LogP contribution in [0.5, 0.6) is 5.88 Å². The highest BCUT2D eigenvalue weighted by atomic mass is 16.5. The zero-order valence-electron chi connectivity index (χ0n) is 14.3. The van der Waals surface area contributed by atoms with E-state index >= 15 is 0 Å². The number of aromatic nitrogens is 3. The summed E-state index contributed by atoms with van der Waals surface area (Å²) < 4.78 is 7.19. The summed E-state index contributed by atoms with van der Waals surface area (Å²) in [6, 6.07) is 10.8. The molecule has 0 unspecified atom stereocenters. The van der Waals surface area contributed by atoms with Gasteiger partial charge in [0.1, 0.15) is 6.10 Å². The summed E-state index contributed by atoms with van der Waals surface area (Å²) in [5, 5.41) is 4.88. The highest BCUT2D eigenvalue weighted by Gasteiger charge is 2.11. The molecule has 0 spiro atoms. The molecule has 24 heavy (non-hydrogen) atoms. The summed E-state index contributed by atoms with van der Waals surface area (Å²) in [7, 11) is 0. The summed E-state index contributed by atoms with van der Waals surface area (Å²) in [6.45, 7) is 9.03. The molecule has 3 aromatic rings. The van der Waals surface area contributed by atoms with Gasteiger partial charge in [-0.3, -0.25) is 4.79 Å². The summed E-state index contributed by atoms with van der Waals surface area (Å²) >= 11 is 0. The van der Waals surface area contributed by atoms with E-state index < -0.39 is 0 Å². The van der Waals surface area contributed by atoms with Crippen LogP contribution in [-0.2, 0) is 0 Å². The van der Waals surface area contributed by atoms with Crippen LogP contribution < -0.4 is 10.3 Å². The first-order chi connectivity index (χ1) is 11.6. The number of nitrogens with zero attached hydrogens (tertiary/aromatic N) is 4. The monoisotopic (exact) mass is 326 g/mol. The Morgan fingerprint density at radius 2 is 1.92 bits per heavy atom. The van der Waals surface area contributed by atoms with Crippen molar-refractivity contribution in [3.8, 4) is 5.88 Å². The fourth-order valence-electron chi connectivity index (χ4n) is 2.77. The SMILES string of the molecule is CCN(CC)C[C@H](C)Oc1ccc2nc3ccccc3c(=O)n2n1. The maximum atomic E-state index is 12.6. The van der Waals surface area contributed by atoms with Gasteiger partial charge >= 0.3 is 0 Å². The van der Waals surface area contributed by atoms with Crippen molar-refractivity contribution in [1.29, 1.82) is 0 Å². The molecule has 3 rings (SSSR count). The largest absolute Gasteiger partial charge is 0.472 e. The second-order valence-corrected chi connectivity index (χ2v) is 5.79. The van der Waals surface area contributed by atoms with Crippen molar-refractivity contribution in [3.63, 3.8) is 0 Å². The van der Waals surface area contributed by atoms with Crippen LogP contribution in [0.3, 0.4) is 0 Å². The molecule has 0 saturated heterocycles. The lowest BCUT2D eigenvalue weighted by molar-refractivity contribution is 0.146. The van der Waals surface area contributed by atoms with Gasteiger partial charge in [0.05, 0.1) is 10.9 Å². The average molecular weight is 326 g/mol. The molecule has 1 atom stereocenters. The second-order valence-electron chi connectivity index (χ2n) is 5.79. The van der Waals surface area contributed by atoms with E-state index in [0.29, 0.717) is 22.4 Å². The molecular weight excluding hydrogens is 304 g/mol. The number of hydrogen-bond acceptors (Lipinski definition) is 5. The lowest BCUT2D eigenvalue weighted by atomic mass is 10.2. The van der Waals surface area contributed by atoms with E-state index in [1.165, 1.54) is 4.52 Å². The van der Waals surface area contributed by atoms with Crippen LogP contribution in [0.25, 0.3) is 16.6 Å². The van der Waals surface area contributed by atoms with Crippen LogP contribution in [-0.4, -0.2) is 45.2 Å². The Balaban J connectivity index is 1.92. The summed E-state index contributed by atoms with van der Waals surface area (Å²) in [5.74, 6) is 0.432. The van der Waals surface area contributed by atoms with Gasteiger partial charge in [0.25, 0.3) is 5.56 Å². The van der Waals surface area contributed by atoms with Crippen LogP contribution in [0.4, 0.5) is 0 Å². The molecule has 0 aliphatic rings. The summed E-state index contributed by atoms with van der Waals surface area (Å²) in [4.78, 5) is 19.3. The first-order valence-electron chi connectivity index (χ1n) is 8.30. The molecule has 0 radical (unpaired) electrons. The third-order valence-electron chi connectivity index (χ3n) is 4.08. The highest BCUT2D eigenvalue weighted by molar-refractivity contribution is 5.79. The zero-order valence-corrected chi connectivity index (χ0v) is 14.3. The number of para-hydroxylation sites is 1. The Kier molecular flexibility index (Phi) is 4.76. The Hall–Kier alpha value is -2.47. The molecule has 1 aromatic carbocycles. The summed E-state index contributed by atoms with van der Waals surface area (Å²) in [5.41, 5.74) is 1.01. The third-order valence-corrected chi connectivity index (χ3v) is 4.08. The quantitative estimate of drug-likeness (QED) is 0.651. The first kappa shape index (κ1) is 16.4. The van der Waals surface area contributed by atoms with Crippen molar-refractivity contribution in [3.05, 3.63) is 46.8 Å². The molecule has 0 amide bonds. The van der Waals surface area contributed by atoms with Crippen LogP contribution in [0.1, 0.15) is 20.8 Å². The smallest absolute Gasteiger partial charge is 0.282 e. The standard InChI is InChI=1S/C18H22N4O2/c1-4-21(5-2)12-13(3)24-17-11-10-16-19-15-9-7-6-8-14(15)18(23)22(16)20-17/h6-11,13H,4-5,12H2,1-3H3/t13-/m0/s1. The van der Waals surface area contributed by atoms with Gasteiger partial charge in [-0.1, -0.05) is 26.0 Å². The van der Waals surface area contributed by atoms with Gasteiger partial charge in [-0.2, -0.15) is 4.52 Å². The second kappa shape index (κ2) is 6.97. The van der Waals surface area contributed by atoms with Crippen LogP contribution in [0.15, 0.2) is 41.2 Å². The fourth-order valence-corrected chi connectivity index (χ4v) is 2.77. The molecule has 2 aromatic heterocycles. The van der Waals surface area contributed by atoms with E-state index in [9.17, 15) is 4.79 Å². The number of likely N-dealkylation sites (N-methyl/N-ethyl adjacent to an activating group) is 1. The molecule has 0 aliphatic carbocycles. The number of benzene rings is 1. The lowest BCUT2D eigenvalue weighted by Crippen LogP contribution is -2.34. The molecule has 0 N–H and O–H groups in total. The maximum absolute atomic E-state index is 12.6. The van der Waals surface area contributed by atoms with E-state index in [1.807, 2.05) is 25.1 Å². The minimum absolute atomic E-state index is 0.0148. The molecule has 6 nitrogen and oxygen atoms in total. The average Bonchev–Trinajstić information content (AvgIpc) is 2.60. The highest BCUT2D eigenvalue weighted by Crippen LogP contribution is 2.12. The minimum atomic E-state index is -0.183. The Morgan fingerprint density at radius 3 is 2.67 bits per heavy atom. The van der Waals surface area contributed by atoms with Crippen molar-refractivity contribution in [2.75, 3.05) is 19.6 Å². The van der Waals surface area contributed by atoms with Crippen LogP contribution >= 0.6 is 0 Å². The molecule has 0 fully saturated rings. The molecule has 0 saturated carbocycles. The van der Waals surface area contributed by atoms with Gasteiger partial charge in [0, 0.05) is 12.6 Å². The zero-order chi connectivity index (χ0) is 17.1. The number of hydrogen-bond donors (Lipinski definition) is 0. The van der Waals surface area contributed by atoms with Crippen LogP contribution in [0.2, 0.25) is 0 Å². The molecule has 6 heteroatoms. The number of fused-ring (bicyclic) bond motifs is 2.